The van der Waals surface area contributed by atoms with Crippen molar-refractivity contribution >= 4 is 11.8 Å². The van der Waals surface area contributed by atoms with E-state index >= 15 is 0 Å². The minimum absolute atomic E-state index is 0.217. The molecular formula is C17H16O4. The largest absolute Gasteiger partial charge is 0.482 e. The monoisotopic (exact) mass is 284 g/mol. The van der Waals surface area contributed by atoms with Gasteiger partial charge in [0, 0.05) is 5.56 Å². The smallest absolute Gasteiger partial charge is 0.344 e. The summed E-state index contributed by atoms with van der Waals surface area (Å²) in [4.78, 5) is 23.3. The van der Waals surface area contributed by atoms with Crippen LogP contribution in [0.15, 0.2) is 54.6 Å². The molecule has 0 spiro atoms. The summed E-state index contributed by atoms with van der Waals surface area (Å²) < 4.78 is 10.1. The summed E-state index contributed by atoms with van der Waals surface area (Å²) in [5, 5.41) is 0. The first kappa shape index (κ1) is 14.8. The molecule has 0 saturated heterocycles. The van der Waals surface area contributed by atoms with Crippen molar-refractivity contribution in [3.63, 3.8) is 0 Å². The Bertz CT molecular complexity index is 602. The topological polar surface area (TPSA) is 52.6 Å². The van der Waals surface area contributed by atoms with Crippen molar-refractivity contribution in [3.05, 3.63) is 65.7 Å². The first-order valence-electron chi connectivity index (χ1n) is 6.58. The number of ketones is 1. The van der Waals surface area contributed by atoms with Crippen LogP contribution in [0.4, 0.5) is 0 Å². The van der Waals surface area contributed by atoms with Crippen LogP contribution in [0.3, 0.4) is 0 Å². The highest BCUT2D eigenvalue weighted by atomic mass is 16.6. The Labute approximate surface area is 123 Å². The quantitative estimate of drug-likeness (QED) is 0.604. The number of rotatable bonds is 6. The second-order valence-corrected chi connectivity index (χ2v) is 4.55. The molecule has 2 aromatic rings. The van der Waals surface area contributed by atoms with E-state index in [1.165, 1.54) is 0 Å². The van der Waals surface area contributed by atoms with Crippen molar-refractivity contribution in [1.29, 1.82) is 0 Å². The molecule has 0 amide bonds. The van der Waals surface area contributed by atoms with E-state index in [4.69, 9.17) is 9.47 Å². The summed E-state index contributed by atoms with van der Waals surface area (Å²) in [7, 11) is 0. The van der Waals surface area contributed by atoms with Gasteiger partial charge in [-0.1, -0.05) is 48.0 Å². The zero-order valence-electron chi connectivity index (χ0n) is 11.7. The van der Waals surface area contributed by atoms with Gasteiger partial charge in [-0.15, -0.1) is 0 Å². The van der Waals surface area contributed by atoms with Crippen molar-refractivity contribution in [1.82, 2.24) is 0 Å². The number of carbonyl (C=O) groups is 2. The van der Waals surface area contributed by atoms with Gasteiger partial charge in [0.25, 0.3) is 0 Å². The maximum atomic E-state index is 11.8. The maximum absolute atomic E-state index is 11.8. The lowest BCUT2D eigenvalue weighted by atomic mass is 10.1. The van der Waals surface area contributed by atoms with Gasteiger partial charge in [0.1, 0.15) is 5.75 Å². The van der Waals surface area contributed by atoms with E-state index in [2.05, 4.69) is 0 Å². The van der Waals surface area contributed by atoms with Crippen molar-refractivity contribution < 1.29 is 19.1 Å². The highest BCUT2D eigenvalue weighted by Crippen LogP contribution is 2.08. The predicted molar refractivity (Wildman–Crippen MR) is 78.4 cm³/mol. The molecule has 0 aliphatic heterocycles. The normalized spacial score (nSPS) is 9.95. The van der Waals surface area contributed by atoms with Gasteiger partial charge in [-0.05, 0) is 19.1 Å². The Kier molecular flexibility index (Phi) is 5.10. The number of benzene rings is 2. The lowest BCUT2D eigenvalue weighted by molar-refractivity contribution is -0.144. The van der Waals surface area contributed by atoms with Crippen LogP contribution in [0.1, 0.15) is 15.9 Å². The molecule has 0 bridgehead atoms. The highest BCUT2D eigenvalue weighted by Gasteiger charge is 2.10. The van der Waals surface area contributed by atoms with Crippen LogP contribution in [0, 0.1) is 6.92 Å². The second-order valence-electron chi connectivity index (χ2n) is 4.55. The van der Waals surface area contributed by atoms with E-state index in [9.17, 15) is 9.59 Å². The molecule has 0 radical (unpaired) electrons. The number of hydrogen-bond donors (Lipinski definition) is 0. The van der Waals surface area contributed by atoms with Crippen molar-refractivity contribution in [2.75, 3.05) is 13.2 Å². The minimum atomic E-state index is -0.570. The third-order valence-electron chi connectivity index (χ3n) is 2.84. The van der Waals surface area contributed by atoms with Gasteiger partial charge in [-0.25, -0.2) is 4.79 Å². The summed E-state index contributed by atoms with van der Waals surface area (Å²) in [6.07, 6.45) is 0. The number of para-hydroxylation sites is 1. The number of esters is 1. The Morgan fingerprint density at radius 2 is 1.57 bits per heavy atom. The fraction of sp³-hybridized carbons (Fsp3) is 0.176. The van der Waals surface area contributed by atoms with E-state index in [-0.39, 0.29) is 19.0 Å². The highest BCUT2D eigenvalue weighted by molar-refractivity contribution is 5.98. The van der Waals surface area contributed by atoms with E-state index in [0.717, 1.165) is 5.56 Å². The van der Waals surface area contributed by atoms with Crippen LogP contribution in [-0.4, -0.2) is 25.0 Å². The number of Topliss-reactive ketones (excluding diaryl/α,β-unsaturated/α-hetero) is 1. The maximum Gasteiger partial charge on any atom is 0.344 e. The Hall–Kier alpha value is -2.62. The molecule has 0 atom stereocenters. The molecular weight excluding hydrogens is 268 g/mol. The molecule has 108 valence electrons. The molecule has 0 aliphatic carbocycles. The third-order valence-corrected chi connectivity index (χ3v) is 2.84. The second kappa shape index (κ2) is 7.24. The van der Waals surface area contributed by atoms with Gasteiger partial charge in [0.15, 0.2) is 19.0 Å². The van der Waals surface area contributed by atoms with Gasteiger partial charge in [-0.2, -0.15) is 0 Å². The zero-order valence-corrected chi connectivity index (χ0v) is 11.7. The average Bonchev–Trinajstić information content (AvgIpc) is 2.52. The first-order chi connectivity index (χ1) is 10.1. The summed E-state index contributed by atoms with van der Waals surface area (Å²) >= 11 is 0. The van der Waals surface area contributed by atoms with Crippen LogP contribution in [0.2, 0.25) is 0 Å². The molecule has 0 aliphatic rings. The lowest BCUT2D eigenvalue weighted by Gasteiger charge is -2.06. The summed E-state index contributed by atoms with van der Waals surface area (Å²) in [5.74, 6) is -0.221. The average molecular weight is 284 g/mol. The predicted octanol–water partition coefficient (Wildman–Crippen LogP) is 2.80. The van der Waals surface area contributed by atoms with Crippen molar-refractivity contribution in [2.45, 2.75) is 6.92 Å². The number of carbonyl (C=O) groups excluding carboxylic acids is 2. The molecule has 0 fully saturated rings. The molecule has 0 heterocycles. The lowest BCUT2D eigenvalue weighted by Crippen LogP contribution is -2.19. The van der Waals surface area contributed by atoms with Gasteiger partial charge < -0.3 is 9.47 Å². The molecule has 0 aromatic heterocycles. The van der Waals surface area contributed by atoms with Crippen LogP contribution < -0.4 is 4.74 Å². The third kappa shape index (κ3) is 4.76. The standard InChI is InChI=1S/C17H16O4/c1-13-7-9-14(10-8-13)16(18)11-21-17(19)12-20-15-5-3-2-4-6-15/h2-10H,11-12H2,1H3. The van der Waals surface area contributed by atoms with Crippen LogP contribution in [0.5, 0.6) is 5.75 Å². The van der Waals surface area contributed by atoms with E-state index in [1.54, 1.807) is 24.3 Å². The number of aryl methyl sites for hydroxylation is 1. The Morgan fingerprint density at radius 1 is 0.905 bits per heavy atom. The molecule has 4 heteroatoms. The van der Waals surface area contributed by atoms with E-state index < -0.39 is 5.97 Å². The SMILES string of the molecule is Cc1ccc(C(=O)COC(=O)COc2ccccc2)cc1. The minimum Gasteiger partial charge on any atom is -0.482 e. The van der Waals surface area contributed by atoms with Gasteiger partial charge in [0.2, 0.25) is 0 Å². The fourth-order valence-corrected chi connectivity index (χ4v) is 1.67. The summed E-state index contributed by atoms with van der Waals surface area (Å²) in [5.41, 5.74) is 1.59. The van der Waals surface area contributed by atoms with Crippen LogP contribution >= 0.6 is 0 Å². The molecule has 4 nitrogen and oxygen atoms in total. The first-order valence-corrected chi connectivity index (χ1v) is 6.58. The molecule has 0 N–H and O–H groups in total. The molecule has 0 unspecified atom stereocenters. The number of ether oxygens (including phenoxy) is 2. The molecule has 0 saturated carbocycles. The Balaban J connectivity index is 1.76. The Morgan fingerprint density at radius 3 is 2.24 bits per heavy atom. The van der Waals surface area contributed by atoms with Crippen molar-refractivity contribution in [2.24, 2.45) is 0 Å². The van der Waals surface area contributed by atoms with E-state index in [1.807, 2.05) is 37.3 Å². The summed E-state index contributed by atoms with van der Waals surface area (Å²) in [6.45, 7) is 1.44. The van der Waals surface area contributed by atoms with Gasteiger partial charge >= 0.3 is 5.97 Å². The van der Waals surface area contributed by atoms with Crippen LogP contribution in [0.25, 0.3) is 0 Å². The molecule has 2 aromatic carbocycles. The van der Waals surface area contributed by atoms with E-state index in [0.29, 0.717) is 11.3 Å². The molecule has 21 heavy (non-hydrogen) atoms. The fourth-order valence-electron chi connectivity index (χ4n) is 1.67. The van der Waals surface area contributed by atoms with Gasteiger partial charge in [0.05, 0.1) is 0 Å². The van der Waals surface area contributed by atoms with Crippen molar-refractivity contribution in [3.8, 4) is 5.75 Å². The van der Waals surface area contributed by atoms with Crippen LogP contribution in [-0.2, 0) is 9.53 Å². The zero-order chi connectivity index (χ0) is 15.1. The molecule has 2 rings (SSSR count). The van der Waals surface area contributed by atoms with Gasteiger partial charge in [-0.3, -0.25) is 4.79 Å². The summed E-state index contributed by atoms with van der Waals surface area (Å²) in [6, 6.07) is 16.1. The number of hydrogen-bond acceptors (Lipinski definition) is 4.